The lowest BCUT2D eigenvalue weighted by Crippen LogP contribution is -2.48. The van der Waals surface area contributed by atoms with E-state index < -0.39 is 17.9 Å². The predicted molar refractivity (Wildman–Crippen MR) is 108 cm³/mol. The Kier molecular flexibility index (Phi) is 6.09. The molecule has 2 unspecified atom stereocenters. The van der Waals surface area contributed by atoms with Crippen LogP contribution >= 0.6 is 0 Å². The summed E-state index contributed by atoms with van der Waals surface area (Å²) in [6.45, 7) is 2.37. The summed E-state index contributed by atoms with van der Waals surface area (Å²) >= 11 is 0. The first-order valence-corrected chi connectivity index (χ1v) is 9.51. The second-order valence-corrected chi connectivity index (χ2v) is 7.08. The van der Waals surface area contributed by atoms with E-state index in [2.05, 4.69) is 12.2 Å². The number of nitrogens with two attached hydrogens (primary N) is 1. The van der Waals surface area contributed by atoms with Gasteiger partial charge in [-0.05, 0) is 29.7 Å². The molecule has 3 amide bonds. The zero-order valence-electron chi connectivity index (χ0n) is 15.9. The zero-order chi connectivity index (χ0) is 20.1. The van der Waals surface area contributed by atoms with Gasteiger partial charge >= 0.3 is 0 Å². The number of nitrogens with zero attached hydrogens (tertiary/aromatic N) is 1. The fourth-order valence-electron chi connectivity index (χ4n) is 3.41. The number of aryl methyl sites for hydroxylation is 1. The molecule has 1 saturated heterocycles. The van der Waals surface area contributed by atoms with Crippen molar-refractivity contribution in [3.63, 3.8) is 0 Å². The molecule has 1 aliphatic rings. The van der Waals surface area contributed by atoms with E-state index in [0.29, 0.717) is 13.0 Å². The van der Waals surface area contributed by atoms with Crippen molar-refractivity contribution >= 4 is 23.4 Å². The minimum atomic E-state index is -0.803. The molecule has 2 aromatic rings. The lowest BCUT2D eigenvalue weighted by Gasteiger charge is -2.19. The van der Waals surface area contributed by atoms with E-state index in [0.717, 1.165) is 17.7 Å². The highest BCUT2D eigenvalue weighted by Crippen LogP contribution is 2.25. The van der Waals surface area contributed by atoms with Crippen LogP contribution in [0.1, 0.15) is 24.5 Å². The summed E-state index contributed by atoms with van der Waals surface area (Å²) in [4.78, 5) is 38.5. The summed E-state index contributed by atoms with van der Waals surface area (Å²) < 4.78 is 0. The Morgan fingerprint density at radius 1 is 1.11 bits per heavy atom. The number of primary amides is 1. The Hall–Kier alpha value is -3.15. The molecule has 1 aliphatic heterocycles. The van der Waals surface area contributed by atoms with Crippen LogP contribution in [-0.4, -0.2) is 30.3 Å². The van der Waals surface area contributed by atoms with E-state index in [1.54, 1.807) is 4.90 Å². The average Bonchev–Trinajstić information content (AvgIpc) is 3.10. The average molecular weight is 379 g/mol. The third-order valence-corrected chi connectivity index (χ3v) is 5.09. The van der Waals surface area contributed by atoms with Crippen molar-refractivity contribution in [2.24, 2.45) is 11.7 Å². The van der Waals surface area contributed by atoms with E-state index in [1.807, 2.05) is 54.6 Å². The van der Waals surface area contributed by atoms with Crippen molar-refractivity contribution in [3.05, 3.63) is 65.7 Å². The molecule has 2 atom stereocenters. The summed E-state index contributed by atoms with van der Waals surface area (Å²) in [5, 5.41) is 2.73. The first kappa shape index (κ1) is 19.6. The molecule has 3 N–H and O–H groups in total. The summed E-state index contributed by atoms with van der Waals surface area (Å²) in [5.74, 6) is -1.51. The summed E-state index contributed by atoms with van der Waals surface area (Å²) in [6, 6.07) is 16.3. The maximum absolute atomic E-state index is 12.7. The van der Waals surface area contributed by atoms with Crippen molar-refractivity contribution in [2.45, 2.75) is 32.2 Å². The Bertz CT molecular complexity index is 849. The van der Waals surface area contributed by atoms with E-state index in [-0.39, 0.29) is 18.2 Å². The van der Waals surface area contributed by atoms with Gasteiger partial charge in [-0.2, -0.15) is 0 Å². The molecule has 0 aromatic heterocycles. The summed E-state index contributed by atoms with van der Waals surface area (Å²) in [7, 11) is 0. The molecule has 6 heteroatoms. The van der Waals surface area contributed by atoms with Gasteiger partial charge in [0.15, 0.2) is 0 Å². The maximum Gasteiger partial charge on any atom is 0.240 e. The fourth-order valence-corrected chi connectivity index (χ4v) is 3.41. The van der Waals surface area contributed by atoms with Crippen molar-refractivity contribution in [1.82, 2.24) is 5.32 Å². The first-order chi connectivity index (χ1) is 13.5. The normalized spacial score (nSPS) is 17.4. The summed E-state index contributed by atoms with van der Waals surface area (Å²) in [6.07, 6.45) is 1.37. The van der Waals surface area contributed by atoms with Crippen LogP contribution in [0.2, 0.25) is 0 Å². The van der Waals surface area contributed by atoms with Crippen LogP contribution in [0.4, 0.5) is 5.69 Å². The maximum atomic E-state index is 12.7. The monoisotopic (exact) mass is 379 g/mol. The highest BCUT2D eigenvalue weighted by atomic mass is 16.2. The van der Waals surface area contributed by atoms with Gasteiger partial charge in [0.25, 0.3) is 0 Å². The number of carbonyl (C=O) groups excluding carboxylic acids is 3. The van der Waals surface area contributed by atoms with Gasteiger partial charge < -0.3 is 16.0 Å². The van der Waals surface area contributed by atoms with Crippen molar-refractivity contribution in [3.8, 4) is 0 Å². The number of nitrogens with one attached hydrogen (secondary N) is 1. The van der Waals surface area contributed by atoms with Gasteiger partial charge in [0, 0.05) is 25.1 Å². The highest BCUT2D eigenvalue weighted by molar-refractivity contribution is 6.01. The Balaban J connectivity index is 1.64. The van der Waals surface area contributed by atoms with Gasteiger partial charge in [0.05, 0.1) is 5.92 Å². The third kappa shape index (κ3) is 4.57. The number of anilines is 1. The van der Waals surface area contributed by atoms with Crippen molar-refractivity contribution in [1.29, 1.82) is 0 Å². The van der Waals surface area contributed by atoms with Gasteiger partial charge in [0.2, 0.25) is 17.7 Å². The van der Waals surface area contributed by atoms with Crippen LogP contribution in [0.15, 0.2) is 54.6 Å². The van der Waals surface area contributed by atoms with E-state index in [9.17, 15) is 14.4 Å². The largest absolute Gasteiger partial charge is 0.368 e. The lowest BCUT2D eigenvalue weighted by atomic mass is 10.0. The van der Waals surface area contributed by atoms with E-state index in [1.165, 1.54) is 5.56 Å². The SMILES string of the molecule is CCc1ccc(N2CC(C(=O)NC(Cc3ccccc3)C(N)=O)CC2=O)cc1. The Labute approximate surface area is 164 Å². The van der Waals surface area contributed by atoms with Gasteiger partial charge in [-0.3, -0.25) is 14.4 Å². The van der Waals surface area contributed by atoms with Crippen LogP contribution in [0, 0.1) is 5.92 Å². The Morgan fingerprint density at radius 3 is 2.39 bits per heavy atom. The minimum absolute atomic E-state index is 0.0944. The fraction of sp³-hybridized carbons (Fsp3) is 0.318. The lowest BCUT2D eigenvalue weighted by molar-refractivity contribution is -0.130. The second-order valence-electron chi connectivity index (χ2n) is 7.08. The number of hydrogen-bond donors (Lipinski definition) is 2. The van der Waals surface area contributed by atoms with Crippen LogP contribution in [0.3, 0.4) is 0 Å². The predicted octanol–water partition coefficient (Wildman–Crippen LogP) is 1.81. The molecular weight excluding hydrogens is 354 g/mol. The topological polar surface area (TPSA) is 92.5 Å². The third-order valence-electron chi connectivity index (χ3n) is 5.09. The number of hydrogen-bond acceptors (Lipinski definition) is 3. The van der Waals surface area contributed by atoms with E-state index in [4.69, 9.17) is 5.73 Å². The van der Waals surface area contributed by atoms with Crippen LogP contribution in [0.5, 0.6) is 0 Å². The highest BCUT2D eigenvalue weighted by Gasteiger charge is 2.36. The first-order valence-electron chi connectivity index (χ1n) is 9.51. The van der Waals surface area contributed by atoms with Crippen LogP contribution < -0.4 is 16.0 Å². The van der Waals surface area contributed by atoms with E-state index >= 15 is 0 Å². The molecule has 0 bridgehead atoms. The molecule has 3 rings (SSSR count). The van der Waals surface area contributed by atoms with Crippen LogP contribution in [-0.2, 0) is 27.2 Å². The smallest absolute Gasteiger partial charge is 0.240 e. The molecule has 6 nitrogen and oxygen atoms in total. The second kappa shape index (κ2) is 8.69. The standard InChI is InChI=1S/C22H25N3O3/c1-2-15-8-10-18(11-9-15)25-14-17(13-20(25)26)22(28)24-19(21(23)27)12-16-6-4-3-5-7-16/h3-11,17,19H,2,12-14H2,1H3,(H2,23,27)(H,24,28). The quantitative estimate of drug-likeness (QED) is 0.768. The van der Waals surface area contributed by atoms with Crippen LogP contribution in [0.25, 0.3) is 0 Å². The van der Waals surface area contributed by atoms with Gasteiger partial charge in [-0.25, -0.2) is 0 Å². The summed E-state index contributed by atoms with van der Waals surface area (Å²) in [5.41, 5.74) is 8.36. The number of carbonyl (C=O) groups is 3. The minimum Gasteiger partial charge on any atom is -0.368 e. The van der Waals surface area contributed by atoms with Gasteiger partial charge in [-0.15, -0.1) is 0 Å². The van der Waals surface area contributed by atoms with Crippen molar-refractivity contribution in [2.75, 3.05) is 11.4 Å². The molecule has 1 fully saturated rings. The van der Waals surface area contributed by atoms with Gasteiger partial charge in [0.1, 0.15) is 6.04 Å². The molecule has 2 aromatic carbocycles. The molecule has 0 radical (unpaired) electrons. The number of rotatable bonds is 7. The molecular formula is C22H25N3O3. The molecule has 1 heterocycles. The Morgan fingerprint density at radius 2 is 1.79 bits per heavy atom. The zero-order valence-corrected chi connectivity index (χ0v) is 15.9. The molecule has 28 heavy (non-hydrogen) atoms. The molecule has 0 spiro atoms. The van der Waals surface area contributed by atoms with Gasteiger partial charge in [-0.1, -0.05) is 49.4 Å². The number of amides is 3. The number of benzene rings is 2. The molecule has 0 aliphatic carbocycles. The molecule has 0 saturated carbocycles. The van der Waals surface area contributed by atoms with Crippen molar-refractivity contribution < 1.29 is 14.4 Å². The molecule has 146 valence electrons.